The van der Waals surface area contributed by atoms with Gasteiger partial charge < -0.3 is 10.2 Å². The number of halogens is 2. The Hall–Kier alpha value is -3.04. The number of allylic oxidation sites excluding steroid dienone is 1. The van der Waals surface area contributed by atoms with Gasteiger partial charge in [-0.1, -0.05) is 11.6 Å². The highest BCUT2D eigenvalue weighted by atomic mass is 35.5. The van der Waals surface area contributed by atoms with Crippen molar-refractivity contribution in [3.05, 3.63) is 80.3 Å². The predicted molar refractivity (Wildman–Crippen MR) is 117 cm³/mol. The molecule has 1 unspecified atom stereocenters. The SMILES string of the molecule is CC1=C(C(=O)N(C)C)C(c2ccc([N+](=O)[O-])cc2)NC(=S)N1c1ccc(F)c(Cl)c1. The van der Waals surface area contributed by atoms with Crippen LogP contribution in [0.15, 0.2) is 53.7 Å². The summed E-state index contributed by atoms with van der Waals surface area (Å²) in [6, 6.07) is 9.47. The number of hydrogen-bond acceptors (Lipinski definition) is 4. The molecule has 1 atom stereocenters. The molecule has 3 rings (SSSR count). The van der Waals surface area contributed by atoms with E-state index in [1.54, 1.807) is 38.1 Å². The van der Waals surface area contributed by atoms with E-state index in [2.05, 4.69) is 5.32 Å². The average Bonchev–Trinajstić information content (AvgIpc) is 2.69. The molecular formula is C20H18ClFN4O3S. The van der Waals surface area contributed by atoms with Crippen molar-refractivity contribution in [2.75, 3.05) is 19.0 Å². The highest BCUT2D eigenvalue weighted by Crippen LogP contribution is 2.35. The molecule has 0 aliphatic carbocycles. The number of amides is 1. The molecule has 156 valence electrons. The number of benzene rings is 2. The molecule has 2 aromatic carbocycles. The normalized spacial score (nSPS) is 16.4. The number of nitrogens with zero attached hydrogens (tertiary/aromatic N) is 3. The molecule has 1 aliphatic rings. The molecule has 1 amide bonds. The Morgan fingerprint density at radius 2 is 1.90 bits per heavy atom. The Morgan fingerprint density at radius 1 is 1.27 bits per heavy atom. The van der Waals surface area contributed by atoms with Gasteiger partial charge in [0.15, 0.2) is 5.11 Å². The van der Waals surface area contributed by atoms with Gasteiger partial charge in [-0.2, -0.15) is 0 Å². The molecule has 2 aromatic rings. The van der Waals surface area contributed by atoms with Crippen molar-refractivity contribution < 1.29 is 14.1 Å². The van der Waals surface area contributed by atoms with Gasteiger partial charge in [0.2, 0.25) is 0 Å². The standard InChI is InChI=1S/C20H18ClFN4O3S/c1-11-17(19(27)24(2)3)18(12-4-6-13(7-5-12)26(28)29)23-20(30)25(11)14-8-9-16(22)15(21)10-14/h4-10,18H,1-3H3,(H,23,30). The maximum absolute atomic E-state index is 13.6. The zero-order valence-corrected chi connectivity index (χ0v) is 17.9. The first kappa shape index (κ1) is 21.7. The van der Waals surface area contributed by atoms with Crippen LogP contribution in [0.4, 0.5) is 15.8 Å². The number of anilines is 1. The predicted octanol–water partition coefficient (Wildman–Crippen LogP) is 4.19. The van der Waals surface area contributed by atoms with Crippen LogP contribution in [-0.4, -0.2) is 34.9 Å². The number of hydrogen-bond donors (Lipinski definition) is 1. The van der Waals surface area contributed by atoms with Crippen LogP contribution in [0.25, 0.3) is 0 Å². The minimum atomic E-state index is -0.611. The summed E-state index contributed by atoms with van der Waals surface area (Å²) in [6.45, 7) is 1.74. The Bertz CT molecular complexity index is 1070. The molecule has 0 spiro atoms. The van der Waals surface area contributed by atoms with Crippen molar-refractivity contribution in [2.24, 2.45) is 0 Å². The maximum Gasteiger partial charge on any atom is 0.269 e. The Labute approximate surface area is 182 Å². The third kappa shape index (κ3) is 3.99. The van der Waals surface area contributed by atoms with E-state index in [1.165, 1.54) is 35.2 Å². The summed E-state index contributed by atoms with van der Waals surface area (Å²) in [5.41, 5.74) is 2.04. The van der Waals surface area contributed by atoms with Crippen molar-refractivity contribution >= 4 is 46.2 Å². The van der Waals surface area contributed by atoms with Crippen LogP contribution in [0.1, 0.15) is 18.5 Å². The lowest BCUT2D eigenvalue weighted by Gasteiger charge is -2.38. The van der Waals surface area contributed by atoms with Crippen molar-refractivity contribution in [3.63, 3.8) is 0 Å². The van der Waals surface area contributed by atoms with E-state index >= 15 is 0 Å². The fourth-order valence-corrected chi connectivity index (χ4v) is 3.77. The van der Waals surface area contributed by atoms with Crippen LogP contribution >= 0.6 is 23.8 Å². The Kier molecular flexibility index (Phi) is 6.04. The number of nitrogens with one attached hydrogen (secondary N) is 1. The molecular weight excluding hydrogens is 431 g/mol. The fourth-order valence-electron chi connectivity index (χ4n) is 3.23. The molecule has 0 fully saturated rings. The van der Waals surface area contributed by atoms with E-state index in [9.17, 15) is 19.3 Å². The van der Waals surface area contributed by atoms with Gasteiger partial charge in [-0.05, 0) is 55.0 Å². The monoisotopic (exact) mass is 448 g/mol. The van der Waals surface area contributed by atoms with Gasteiger partial charge in [-0.15, -0.1) is 0 Å². The quantitative estimate of drug-likeness (QED) is 0.429. The largest absolute Gasteiger partial charge is 0.351 e. The lowest BCUT2D eigenvalue weighted by atomic mass is 9.93. The number of rotatable bonds is 4. The lowest BCUT2D eigenvalue weighted by molar-refractivity contribution is -0.384. The van der Waals surface area contributed by atoms with E-state index in [4.69, 9.17) is 23.8 Å². The smallest absolute Gasteiger partial charge is 0.269 e. The van der Waals surface area contributed by atoms with Crippen LogP contribution < -0.4 is 10.2 Å². The third-order valence-corrected chi connectivity index (χ3v) is 5.31. The molecule has 7 nitrogen and oxygen atoms in total. The minimum absolute atomic E-state index is 0.0547. The highest BCUT2D eigenvalue weighted by molar-refractivity contribution is 7.80. The molecule has 30 heavy (non-hydrogen) atoms. The van der Waals surface area contributed by atoms with Gasteiger partial charge in [0.05, 0.1) is 21.6 Å². The van der Waals surface area contributed by atoms with E-state index in [-0.39, 0.29) is 21.7 Å². The van der Waals surface area contributed by atoms with E-state index in [0.29, 0.717) is 22.5 Å². The first-order valence-electron chi connectivity index (χ1n) is 8.84. The minimum Gasteiger partial charge on any atom is -0.351 e. The van der Waals surface area contributed by atoms with E-state index < -0.39 is 16.8 Å². The summed E-state index contributed by atoms with van der Waals surface area (Å²) in [7, 11) is 3.25. The van der Waals surface area contributed by atoms with E-state index in [0.717, 1.165) is 0 Å². The lowest BCUT2D eigenvalue weighted by Crippen LogP contribution is -2.49. The molecule has 10 heteroatoms. The maximum atomic E-state index is 13.6. The van der Waals surface area contributed by atoms with Crippen molar-refractivity contribution in [1.29, 1.82) is 0 Å². The zero-order valence-electron chi connectivity index (χ0n) is 16.3. The van der Waals surface area contributed by atoms with Crippen molar-refractivity contribution in [3.8, 4) is 0 Å². The second kappa shape index (κ2) is 8.37. The van der Waals surface area contributed by atoms with Gasteiger partial charge in [0.25, 0.3) is 11.6 Å². The van der Waals surface area contributed by atoms with Crippen molar-refractivity contribution in [1.82, 2.24) is 10.2 Å². The van der Waals surface area contributed by atoms with Crippen LogP contribution in [0.5, 0.6) is 0 Å². The zero-order chi connectivity index (χ0) is 22.2. The second-order valence-electron chi connectivity index (χ2n) is 6.86. The molecule has 0 saturated carbocycles. The van der Waals surface area contributed by atoms with Crippen LogP contribution in [-0.2, 0) is 4.79 Å². The van der Waals surface area contributed by atoms with Crippen LogP contribution in [0, 0.1) is 15.9 Å². The Balaban J connectivity index is 2.14. The fraction of sp³-hybridized carbons (Fsp3) is 0.200. The van der Waals surface area contributed by atoms with E-state index in [1.807, 2.05) is 0 Å². The summed E-state index contributed by atoms with van der Waals surface area (Å²) in [5, 5.41) is 14.3. The molecule has 0 aromatic heterocycles. The van der Waals surface area contributed by atoms with Crippen LogP contribution in [0.3, 0.4) is 0 Å². The van der Waals surface area contributed by atoms with Gasteiger partial charge in [0, 0.05) is 37.6 Å². The van der Waals surface area contributed by atoms with Gasteiger partial charge >= 0.3 is 0 Å². The number of likely N-dealkylation sites (N-methyl/N-ethyl adjacent to an activating group) is 1. The van der Waals surface area contributed by atoms with Gasteiger partial charge in [0.1, 0.15) is 5.82 Å². The first-order valence-corrected chi connectivity index (χ1v) is 9.63. The number of nitro groups is 1. The van der Waals surface area contributed by atoms with Gasteiger partial charge in [-0.3, -0.25) is 19.8 Å². The average molecular weight is 449 g/mol. The number of non-ortho nitro benzene ring substituents is 1. The molecule has 0 saturated heterocycles. The third-order valence-electron chi connectivity index (χ3n) is 4.72. The summed E-state index contributed by atoms with van der Waals surface area (Å²) >= 11 is 11.5. The molecule has 1 N–H and O–H groups in total. The molecule has 1 aliphatic heterocycles. The summed E-state index contributed by atoms with van der Waals surface area (Å²) in [6.07, 6.45) is 0. The van der Waals surface area contributed by atoms with Gasteiger partial charge in [-0.25, -0.2) is 4.39 Å². The first-order chi connectivity index (χ1) is 14.1. The number of nitro benzene ring substituents is 1. The van der Waals surface area contributed by atoms with Crippen LogP contribution in [0.2, 0.25) is 5.02 Å². The number of thiocarbonyl (C=S) groups is 1. The molecule has 0 radical (unpaired) electrons. The molecule has 1 heterocycles. The topological polar surface area (TPSA) is 78.7 Å². The second-order valence-corrected chi connectivity index (χ2v) is 7.66. The highest BCUT2D eigenvalue weighted by Gasteiger charge is 2.35. The van der Waals surface area contributed by atoms with Crippen molar-refractivity contribution in [2.45, 2.75) is 13.0 Å². The number of carbonyl (C=O) groups is 1. The number of carbonyl (C=O) groups excluding carboxylic acids is 1. The summed E-state index contributed by atoms with van der Waals surface area (Å²) in [4.78, 5) is 26.5. The molecule has 0 bridgehead atoms. The summed E-state index contributed by atoms with van der Waals surface area (Å²) < 4.78 is 13.6. The summed E-state index contributed by atoms with van der Waals surface area (Å²) in [5.74, 6) is -0.824. The Morgan fingerprint density at radius 3 is 2.43 bits per heavy atom.